The van der Waals surface area contributed by atoms with Crippen LogP contribution < -0.4 is 0 Å². The van der Waals surface area contributed by atoms with Gasteiger partial charge in [0.05, 0.1) is 0 Å². The molecule has 0 saturated heterocycles. The molecule has 0 aromatic carbocycles. The minimum absolute atomic E-state index is 0.975. The summed E-state index contributed by atoms with van der Waals surface area (Å²) in [6.07, 6.45) is 4.27. The highest BCUT2D eigenvalue weighted by Crippen LogP contribution is 2.15. The second kappa shape index (κ2) is 5.21. The van der Waals surface area contributed by atoms with Crippen molar-refractivity contribution in [3.05, 3.63) is 0 Å². The zero-order chi connectivity index (χ0) is 7.98. The van der Waals surface area contributed by atoms with Crippen molar-refractivity contribution in [2.24, 2.45) is 0 Å². The molecule has 0 bridgehead atoms. The minimum Gasteiger partial charge on any atom is -0.479 e. The monoisotopic (exact) mass is 148 g/mol. The molecule has 1 atom stereocenters. The molecule has 60 valence electrons. The lowest BCUT2D eigenvalue weighted by molar-refractivity contribution is -0.142. The van der Waals surface area contributed by atoms with E-state index in [9.17, 15) is 9.18 Å². The second-order valence-corrected chi connectivity index (χ2v) is 2.37. The molecule has 0 aromatic heterocycles. The number of carbonyl (C=O) groups is 1. The first-order chi connectivity index (χ1) is 4.64. The van der Waals surface area contributed by atoms with Crippen LogP contribution in [0.15, 0.2) is 0 Å². The Morgan fingerprint density at radius 3 is 1.60 bits per heavy atom. The first-order valence-electron chi connectivity index (χ1n) is 3.51. The molecule has 1 unspecified atom stereocenters. The molecule has 0 heterocycles. The summed E-state index contributed by atoms with van der Waals surface area (Å²) in [6.45, 7) is 0.975. The summed E-state index contributed by atoms with van der Waals surface area (Å²) >= 11 is 0. The van der Waals surface area contributed by atoms with Gasteiger partial charge in [0.2, 0.25) is 0 Å². The van der Waals surface area contributed by atoms with E-state index in [1.54, 1.807) is 0 Å². The summed E-state index contributed by atoms with van der Waals surface area (Å²) in [5.41, 5.74) is 0. The van der Waals surface area contributed by atoms with Gasteiger partial charge in [-0.05, 0) is 6.92 Å². The lowest BCUT2D eigenvalue weighted by Gasteiger charge is -2.05. The summed E-state index contributed by atoms with van der Waals surface area (Å²) in [5.74, 6) is -1.41. The number of alkyl halides is 1. The molecule has 1 saturated carbocycles. The van der Waals surface area contributed by atoms with E-state index in [1.807, 2.05) is 0 Å². The first-order valence-corrected chi connectivity index (χ1v) is 3.51. The molecule has 3 heteroatoms. The van der Waals surface area contributed by atoms with Crippen molar-refractivity contribution in [3.8, 4) is 0 Å². The number of aliphatic carboxylic acids is 1. The van der Waals surface area contributed by atoms with Gasteiger partial charge in [-0.1, -0.05) is 25.7 Å². The van der Waals surface area contributed by atoms with E-state index < -0.39 is 12.1 Å². The molecule has 10 heavy (non-hydrogen) atoms. The lowest BCUT2D eigenvalue weighted by atomic mass is 10.0. The molecule has 0 aliphatic heterocycles. The van der Waals surface area contributed by atoms with Crippen molar-refractivity contribution in [2.45, 2.75) is 38.8 Å². The third kappa shape index (κ3) is 5.54. The van der Waals surface area contributed by atoms with Crippen LogP contribution >= 0.6 is 0 Å². The molecule has 1 aliphatic rings. The van der Waals surface area contributed by atoms with Crippen LogP contribution in [0.25, 0.3) is 0 Å². The van der Waals surface area contributed by atoms with Crippen molar-refractivity contribution in [2.75, 3.05) is 0 Å². The van der Waals surface area contributed by atoms with Crippen LogP contribution in [0.1, 0.15) is 32.6 Å². The largest absolute Gasteiger partial charge is 0.479 e. The molecule has 2 nitrogen and oxygen atoms in total. The summed E-state index contributed by atoms with van der Waals surface area (Å²) in [6, 6.07) is 0. The summed E-state index contributed by atoms with van der Waals surface area (Å²) in [5, 5.41) is 7.62. The Balaban J connectivity index is 0.000000172. The number of hydrogen-bond acceptors (Lipinski definition) is 1. The molecule has 0 aromatic rings. The van der Waals surface area contributed by atoms with Crippen molar-refractivity contribution in [3.63, 3.8) is 0 Å². The zero-order valence-electron chi connectivity index (χ0n) is 6.14. The normalized spacial score (nSPS) is 17.8. The van der Waals surface area contributed by atoms with Gasteiger partial charge < -0.3 is 5.11 Å². The Hall–Kier alpha value is -0.600. The molecule has 0 amide bonds. The molecular formula is C7H13FO2. The fourth-order valence-corrected chi connectivity index (χ4v) is 0.250. The van der Waals surface area contributed by atoms with Gasteiger partial charge in [-0.2, -0.15) is 0 Å². The first kappa shape index (κ1) is 9.40. The predicted octanol–water partition coefficient (Wildman–Crippen LogP) is 1.99. The molecule has 1 N–H and O–H groups in total. The Bertz CT molecular complexity index is 93.8. The van der Waals surface area contributed by atoms with E-state index >= 15 is 0 Å². The zero-order valence-corrected chi connectivity index (χ0v) is 6.14. The third-order valence-electron chi connectivity index (χ3n) is 1.34. The van der Waals surface area contributed by atoms with Gasteiger partial charge in [0.25, 0.3) is 0 Å². The molecular weight excluding hydrogens is 135 g/mol. The van der Waals surface area contributed by atoms with E-state index in [2.05, 4.69) is 0 Å². The van der Waals surface area contributed by atoms with E-state index in [0.717, 1.165) is 6.92 Å². The number of carboxylic acids is 1. The number of hydrogen-bond donors (Lipinski definition) is 1. The Kier molecular flexibility index (Phi) is 4.89. The molecule has 0 radical (unpaired) electrons. The highest BCUT2D eigenvalue weighted by atomic mass is 19.1. The van der Waals surface area contributed by atoms with Crippen molar-refractivity contribution < 1.29 is 14.3 Å². The summed E-state index contributed by atoms with van der Waals surface area (Å²) in [4.78, 5) is 9.32. The lowest BCUT2D eigenvalue weighted by Crippen LogP contribution is -2.08. The average molecular weight is 148 g/mol. The number of carboxylic acid groups (broad SMARTS) is 1. The SMILES string of the molecule is C1CCC1.CC(F)C(=O)O. The minimum atomic E-state index is -1.73. The second-order valence-electron chi connectivity index (χ2n) is 2.37. The molecule has 1 fully saturated rings. The molecule has 1 rings (SSSR count). The van der Waals surface area contributed by atoms with Crippen LogP contribution in [-0.2, 0) is 4.79 Å². The van der Waals surface area contributed by atoms with Gasteiger partial charge in [-0.15, -0.1) is 0 Å². The average Bonchev–Trinajstić information content (AvgIpc) is 1.59. The van der Waals surface area contributed by atoms with Gasteiger partial charge in [0.1, 0.15) is 0 Å². The highest BCUT2D eigenvalue weighted by Gasteiger charge is 2.04. The maximum Gasteiger partial charge on any atom is 0.337 e. The standard InChI is InChI=1S/C4H8.C3H5FO2/c1-2-4-3-1;1-2(4)3(5)6/h1-4H2;2H,1H3,(H,5,6). The van der Waals surface area contributed by atoms with Gasteiger partial charge in [-0.3, -0.25) is 0 Å². The van der Waals surface area contributed by atoms with Crippen molar-refractivity contribution in [1.29, 1.82) is 0 Å². The van der Waals surface area contributed by atoms with E-state index in [4.69, 9.17) is 5.11 Å². The van der Waals surface area contributed by atoms with Crippen LogP contribution in [0.3, 0.4) is 0 Å². The summed E-state index contributed by atoms with van der Waals surface area (Å²) < 4.78 is 11.2. The third-order valence-corrected chi connectivity index (χ3v) is 1.34. The Morgan fingerprint density at radius 1 is 1.40 bits per heavy atom. The van der Waals surface area contributed by atoms with Crippen molar-refractivity contribution >= 4 is 5.97 Å². The van der Waals surface area contributed by atoms with Gasteiger partial charge in [0.15, 0.2) is 6.17 Å². The van der Waals surface area contributed by atoms with Crippen LogP contribution in [-0.4, -0.2) is 17.2 Å². The Labute approximate surface area is 60.1 Å². The van der Waals surface area contributed by atoms with Crippen LogP contribution in [0.2, 0.25) is 0 Å². The quantitative estimate of drug-likeness (QED) is 0.617. The molecule has 0 spiro atoms. The fourth-order valence-electron chi connectivity index (χ4n) is 0.250. The fraction of sp³-hybridized carbons (Fsp3) is 0.857. The maximum atomic E-state index is 11.2. The van der Waals surface area contributed by atoms with Crippen LogP contribution in [0, 0.1) is 0 Å². The topological polar surface area (TPSA) is 37.3 Å². The number of rotatable bonds is 1. The van der Waals surface area contributed by atoms with Crippen LogP contribution in [0.4, 0.5) is 4.39 Å². The maximum absolute atomic E-state index is 11.2. The van der Waals surface area contributed by atoms with Gasteiger partial charge in [-0.25, -0.2) is 9.18 Å². The van der Waals surface area contributed by atoms with Gasteiger partial charge in [0, 0.05) is 0 Å². The van der Waals surface area contributed by atoms with Gasteiger partial charge >= 0.3 is 5.97 Å². The Morgan fingerprint density at radius 2 is 1.60 bits per heavy atom. The van der Waals surface area contributed by atoms with E-state index in [1.165, 1.54) is 25.7 Å². The van der Waals surface area contributed by atoms with E-state index in [0.29, 0.717) is 0 Å². The molecule has 1 aliphatic carbocycles. The van der Waals surface area contributed by atoms with Crippen LogP contribution in [0.5, 0.6) is 0 Å². The van der Waals surface area contributed by atoms with Crippen molar-refractivity contribution in [1.82, 2.24) is 0 Å². The van der Waals surface area contributed by atoms with E-state index in [-0.39, 0.29) is 0 Å². The highest BCUT2D eigenvalue weighted by molar-refractivity contribution is 5.71. The number of halogens is 1. The smallest absolute Gasteiger partial charge is 0.337 e. The summed E-state index contributed by atoms with van der Waals surface area (Å²) in [7, 11) is 0. The predicted molar refractivity (Wildman–Crippen MR) is 36.7 cm³/mol.